The third-order valence-corrected chi connectivity index (χ3v) is 4.23. The van der Waals surface area contributed by atoms with E-state index in [-0.39, 0.29) is 18.8 Å². The van der Waals surface area contributed by atoms with Crippen molar-refractivity contribution >= 4 is 11.9 Å². The number of rotatable bonds is 6. The Kier molecular flexibility index (Phi) is 5.19. The lowest BCUT2D eigenvalue weighted by Gasteiger charge is -2.13. The lowest BCUT2D eigenvalue weighted by molar-refractivity contribution is -0.142. The van der Waals surface area contributed by atoms with Gasteiger partial charge < -0.3 is 14.6 Å². The highest BCUT2D eigenvalue weighted by Gasteiger charge is 2.24. The monoisotopic (exact) mass is 352 g/mol. The van der Waals surface area contributed by atoms with Gasteiger partial charge in [0.1, 0.15) is 19.3 Å². The maximum absolute atomic E-state index is 12.5. The Morgan fingerprint density at radius 3 is 2.54 bits per heavy atom. The molecule has 0 aromatic heterocycles. The highest BCUT2D eigenvalue weighted by atomic mass is 16.6. The van der Waals surface area contributed by atoms with Gasteiger partial charge in [0.25, 0.3) is 0 Å². The first-order valence-electron chi connectivity index (χ1n) is 8.35. The van der Waals surface area contributed by atoms with Crippen molar-refractivity contribution in [1.29, 1.82) is 0 Å². The lowest BCUT2D eigenvalue weighted by atomic mass is 10.0. The van der Waals surface area contributed by atoms with Crippen LogP contribution in [0.3, 0.4) is 0 Å². The van der Waals surface area contributed by atoms with Crippen LogP contribution in [0.5, 0.6) is 0 Å². The SMILES string of the molecule is C=C(C)C(=O)OCC(O)COC(=O)c1cccc2c1Cc1ccccc1-2. The molecule has 1 aliphatic carbocycles. The number of carbonyl (C=O) groups excluding carboxylic acids is 2. The molecule has 5 nitrogen and oxygen atoms in total. The van der Waals surface area contributed by atoms with Crippen LogP contribution in [0.15, 0.2) is 54.6 Å². The first-order chi connectivity index (χ1) is 12.5. The van der Waals surface area contributed by atoms with Crippen LogP contribution in [0, 0.1) is 0 Å². The minimum atomic E-state index is -1.09. The third-order valence-electron chi connectivity index (χ3n) is 4.23. The standard InChI is InChI=1S/C21H20O5/c1-13(2)20(23)25-11-15(22)12-26-21(24)18-9-5-8-17-16-7-4-3-6-14(16)10-19(17)18/h3-9,15,22H,1,10-12H2,2H3. The molecule has 2 aromatic carbocycles. The molecule has 0 amide bonds. The molecule has 134 valence electrons. The van der Waals surface area contributed by atoms with Crippen LogP contribution in [-0.4, -0.2) is 36.4 Å². The van der Waals surface area contributed by atoms with Gasteiger partial charge in [-0.2, -0.15) is 0 Å². The second-order valence-electron chi connectivity index (χ2n) is 6.30. The second-order valence-corrected chi connectivity index (χ2v) is 6.30. The second kappa shape index (κ2) is 7.54. The third kappa shape index (κ3) is 3.68. The molecule has 3 rings (SSSR count). The molecule has 1 atom stereocenters. The zero-order valence-corrected chi connectivity index (χ0v) is 14.5. The fraction of sp³-hybridized carbons (Fsp3) is 0.238. The van der Waals surface area contributed by atoms with Crippen molar-refractivity contribution in [3.8, 4) is 11.1 Å². The molecule has 0 aliphatic heterocycles. The molecule has 5 heteroatoms. The predicted octanol–water partition coefficient (Wildman–Crippen LogP) is 2.89. The first-order valence-corrected chi connectivity index (χ1v) is 8.35. The van der Waals surface area contributed by atoms with E-state index in [2.05, 4.69) is 6.58 Å². The largest absolute Gasteiger partial charge is 0.459 e. The Hall–Kier alpha value is -2.92. The number of carbonyl (C=O) groups is 2. The van der Waals surface area contributed by atoms with E-state index in [0.717, 1.165) is 16.7 Å². The summed E-state index contributed by atoms with van der Waals surface area (Å²) in [5.41, 5.74) is 5.00. The van der Waals surface area contributed by atoms with Crippen molar-refractivity contribution in [2.45, 2.75) is 19.4 Å². The van der Waals surface area contributed by atoms with Gasteiger partial charge in [-0.15, -0.1) is 0 Å². The van der Waals surface area contributed by atoms with E-state index in [1.807, 2.05) is 36.4 Å². The van der Waals surface area contributed by atoms with Crippen molar-refractivity contribution in [2.75, 3.05) is 13.2 Å². The fourth-order valence-electron chi connectivity index (χ4n) is 2.94. The van der Waals surface area contributed by atoms with E-state index in [9.17, 15) is 14.7 Å². The number of esters is 2. The molecule has 1 aliphatic rings. The summed E-state index contributed by atoms with van der Waals surface area (Å²) in [6.45, 7) is 4.47. The highest BCUT2D eigenvalue weighted by molar-refractivity contribution is 5.95. The van der Waals surface area contributed by atoms with Crippen LogP contribution >= 0.6 is 0 Å². The minimum Gasteiger partial charge on any atom is -0.459 e. The molecule has 2 aromatic rings. The van der Waals surface area contributed by atoms with Crippen LogP contribution in [0.1, 0.15) is 28.4 Å². The average Bonchev–Trinajstić information content (AvgIpc) is 3.02. The van der Waals surface area contributed by atoms with Gasteiger partial charge in [-0.1, -0.05) is 43.0 Å². The molecule has 0 saturated heterocycles. The normalized spacial score (nSPS) is 12.7. The Morgan fingerprint density at radius 2 is 1.77 bits per heavy atom. The first kappa shape index (κ1) is 17.9. The van der Waals surface area contributed by atoms with Crippen LogP contribution in [-0.2, 0) is 20.7 Å². The summed E-state index contributed by atoms with van der Waals surface area (Å²) in [7, 11) is 0. The number of fused-ring (bicyclic) bond motifs is 3. The number of aliphatic hydroxyl groups is 1. The Bertz CT molecular complexity index is 868. The zero-order valence-electron chi connectivity index (χ0n) is 14.5. The van der Waals surface area contributed by atoms with E-state index < -0.39 is 18.0 Å². The summed E-state index contributed by atoms with van der Waals surface area (Å²) in [5, 5.41) is 9.83. The summed E-state index contributed by atoms with van der Waals surface area (Å²) >= 11 is 0. The Labute approximate surface area is 151 Å². The van der Waals surface area contributed by atoms with Gasteiger partial charge >= 0.3 is 11.9 Å². The summed E-state index contributed by atoms with van der Waals surface area (Å²) in [6.07, 6.45) is -0.411. The predicted molar refractivity (Wildman–Crippen MR) is 96.7 cm³/mol. The highest BCUT2D eigenvalue weighted by Crippen LogP contribution is 2.38. The molecule has 1 N–H and O–H groups in total. The molecule has 0 fully saturated rings. The summed E-state index contributed by atoms with van der Waals surface area (Å²) in [4.78, 5) is 23.8. The molecule has 0 spiro atoms. The molecule has 0 saturated carbocycles. The van der Waals surface area contributed by atoms with Crippen molar-refractivity contribution in [1.82, 2.24) is 0 Å². The van der Waals surface area contributed by atoms with Gasteiger partial charge in [0.05, 0.1) is 5.56 Å². The molecule has 1 unspecified atom stereocenters. The van der Waals surface area contributed by atoms with Gasteiger partial charge in [-0.05, 0) is 41.7 Å². The smallest absolute Gasteiger partial charge is 0.338 e. The zero-order chi connectivity index (χ0) is 18.7. The molecule has 0 bridgehead atoms. The topological polar surface area (TPSA) is 72.8 Å². The molecular formula is C21H20O5. The van der Waals surface area contributed by atoms with Crippen LogP contribution in [0.2, 0.25) is 0 Å². The van der Waals surface area contributed by atoms with Gasteiger partial charge in [0.2, 0.25) is 0 Å². The van der Waals surface area contributed by atoms with Crippen molar-refractivity contribution in [2.24, 2.45) is 0 Å². The number of hydrogen-bond acceptors (Lipinski definition) is 5. The quantitative estimate of drug-likeness (QED) is 0.545. The van der Waals surface area contributed by atoms with Crippen molar-refractivity contribution in [3.63, 3.8) is 0 Å². The summed E-state index contributed by atoms with van der Waals surface area (Å²) < 4.78 is 10.0. The van der Waals surface area contributed by atoms with E-state index in [1.54, 1.807) is 6.07 Å². The van der Waals surface area contributed by atoms with E-state index in [0.29, 0.717) is 12.0 Å². The van der Waals surface area contributed by atoms with E-state index in [4.69, 9.17) is 9.47 Å². The number of aliphatic hydroxyl groups excluding tert-OH is 1. The Balaban J connectivity index is 1.63. The van der Waals surface area contributed by atoms with Gasteiger partial charge in [-0.25, -0.2) is 9.59 Å². The van der Waals surface area contributed by atoms with Gasteiger partial charge in [0.15, 0.2) is 0 Å². The molecule has 26 heavy (non-hydrogen) atoms. The number of benzene rings is 2. The number of hydrogen-bond donors (Lipinski definition) is 1. The average molecular weight is 352 g/mol. The van der Waals surface area contributed by atoms with Crippen molar-refractivity contribution < 1.29 is 24.2 Å². The van der Waals surface area contributed by atoms with Crippen LogP contribution in [0.4, 0.5) is 0 Å². The van der Waals surface area contributed by atoms with Gasteiger partial charge in [-0.3, -0.25) is 0 Å². The maximum atomic E-state index is 12.5. The summed E-state index contributed by atoms with van der Waals surface area (Å²) in [5.74, 6) is -1.09. The molecular weight excluding hydrogens is 332 g/mol. The molecule has 0 heterocycles. The van der Waals surface area contributed by atoms with Crippen LogP contribution in [0.25, 0.3) is 11.1 Å². The molecule has 0 radical (unpaired) electrons. The van der Waals surface area contributed by atoms with Crippen LogP contribution < -0.4 is 0 Å². The lowest BCUT2D eigenvalue weighted by Crippen LogP contribution is -2.25. The van der Waals surface area contributed by atoms with E-state index in [1.165, 1.54) is 12.5 Å². The number of ether oxygens (including phenoxy) is 2. The fourth-order valence-corrected chi connectivity index (χ4v) is 2.94. The summed E-state index contributed by atoms with van der Waals surface area (Å²) in [6, 6.07) is 13.6. The Morgan fingerprint density at radius 1 is 1.08 bits per heavy atom. The van der Waals surface area contributed by atoms with E-state index >= 15 is 0 Å². The minimum absolute atomic E-state index is 0.244. The van der Waals surface area contributed by atoms with Crippen molar-refractivity contribution in [3.05, 3.63) is 71.3 Å². The maximum Gasteiger partial charge on any atom is 0.338 e. The van der Waals surface area contributed by atoms with Gasteiger partial charge in [0, 0.05) is 5.57 Å².